The Bertz CT molecular complexity index is 825. The fraction of sp³-hybridized carbons (Fsp3) is 0.375. The maximum atomic E-state index is 12.1. The van der Waals surface area contributed by atoms with Gasteiger partial charge in [0.25, 0.3) is 5.56 Å². The van der Waals surface area contributed by atoms with Crippen molar-refractivity contribution in [1.82, 2.24) is 14.9 Å². The zero-order valence-electron chi connectivity index (χ0n) is 14.0. The molecule has 0 spiro atoms. The van der Waals surface area contributed by atoms with Crippen molar-refractivity contribution in [2.75, 3.05) is 5.32 Å². The summed E-state index contributed by atoms with van der Waals surface area (Å²) in [5, 5.41) is 7.70. The van der Waals surface area contributed by atoms with Crippen LogP contribution < -0.4 is 16.2 Å². The van der Waals surface area contributed by atoms with Crippen LogP contribution in [0.15, 0.2) is 22.4 Å². The third kappa shape index (κ3) is 3.88. The molecule has 1 unspecified atom stereocenters. The molecule has 0 saturated carbocycles. The van der Waals surface area contributed by atoms with Crippen LogP contribution in [0.5, 0.6) is 0 Å². The Balaban J connectivity index is 2.11. The molecular weight excluding hydrogens is 328 g/mol. The number of anilines is 1. The number of nitrogens with one attached hydrogen (secondary N) is 2. The van der Waals surface area contributed by atoms with Crippen molar-refractivity contribution in [3.05, 3.63) is 44.3 Å². The van der Waals surface area contributed by atoms with E-state index in [-0.39, 0.29) is 17.3 Å². The predicted molar refractivity (Wildman–Crippen MR) is 93.1 cm³/mol. The van der Waals surface area contributed by atoms with Gasteiger partial charge in [0.05, 0.1) is 6.04 Å². The van der Waals surface area contributed by atoms with Crippen molar-refractivity contribution >= 4 is 28.8 Å². The van der Waals surface area contributed by atoms with Crippen LogP contribution in [0.25, 0.3) is 0 Å². The van der Waals surface area contributed by atoms with E-state index in [4.69, 9.17) is 0 Å². The Morgan fingerprint density at radius 2 is 2.04 bits per heavy atom. The van der Waals surface area contributed by atoms with Gasteiger partial charge in [0, 0.05) is 24.3 Å². The number of thiazole rings is 1. The van der Waals surface area contributed by atoms with E-state index in [2.05, 4.69) is 15.6 Å². The first kappa shape index (κ1) is 17.9. The molecule has 0 bridgehead atoms. The number of nitrogens with zero attached hydrogens (tertiary/aromatic N) is 2. The first-order valence-electron chi connectivity index (χ1n) is 7.53. The van der Waals surface area contributed by atoms with E-state index in [1.54, 1.807) is 26.2 Å². The van der Waals surface area contributed by atoms with Gasteiger partial charge in [0.1, 0.15) is 10.7 Å². The van der Waals surface area contributed by atoms with Crippen LogP contribution >= 0.6 is 11.3 Å². The molecule has 0 aliphatic carbocycles. The van der Waals surface area contributed by atoms with Crippen LogP contribution in [-0.4, -0.2) is 21.4 Å². The van der Waals surface area contributed by atoms with Crippen molar-refractivity contribution in [3.8, 4) is 0 Å². The van der Waals surface area contributed by atoms with Gasteiger partial charge in [-0.25, -0.2) is 4.98 Å². The zero-order valence-corrected chi connectivity index (χ0v) is 14.9. The molecule has 8 heteroatoms. The lowest BCUT2D eigenvalue weighted by atomic mass is 10.2. The second-order valence-corrected chi connectivity index (χ2v) is 6.40. The highest BCUT2D eigenvalue weighted by atomic mass is 32.1. The monoisotopic (exact) mass is 348 g/mol. The van der Waals surface area contributed by atoms with Crippen molar-refractivity contribution in [2.45, 2.75) is 33.2 Å². The molecule has 0 fully saturated rings. The minimum absolute atomic E-state index is 0.110. The molecule has 2 heterocycles. The summed E-state index contributed by atoms with van der Waals surface area (Å²) in [6.07, 6.45) is 2.21. The van der Waals surface area contributed by atoms with Crippen molar-refractivity contribution < 1.29 is 9.59 Å². The van der Waals surface area contributed by atoms with Crippen LogP contribution in [0, 0.1) is 13.8 Å². The molecule has 2 N–H and O–H groups in total. The third-order valence-corrected chi connectivity index (χ3v) is 4.65. The number of hydrogen-bond acceptors (Lipinski definition) is 5. The third-order valence-electron chi connectivity index (χ3n) is 3.57. The summed E-state index contributed by atoms with van der Waals surface area (Å²) < 4.78 is 1.34. The summed E-state index contributed by atoms with van der Waals surface area (Å²) in [7, 11) is 1.58. The highest BCUT2D eigenvalue weighted by molar-refractivity contribution is 7.09. The van der Waals surface area contributed by atoms with Crippen LogP contribution in [0.4, 0.5) is 5.69 Å². The van der Waals surface area contributed by atoms with Crippen molar-refractivity contribution in [1.29, 1.82) is 0 Å². The standard InChI is InChI=1S/C16H20N4O3S/c1-5-11(15-17-10(3)8-24-15)18-13(21)14(22)19-12-9(2)6-7-20(4)16(12)23/h6-8,11H,5H2,1-4H3,(H,18,21)(H,19,22). The molecule has 0 aliphatic rings. The molecular formula is C16H20N4O3S. The van der Waals surface area contributed by atoms with E-state index in [1.165, 1.54) is 15.9 Å². The highest BCUT2D eigenvalue weighted by Crippen LogP contribution is 2.20. The Kier molecular flexibility index (Phi) is 5.50. The van der Waals surface area contributed by atoms with Gasteiger partial charge in [-0.3, -0.25) is 14.4 Å². The number of aryl methyl sites for hydroxylation is 3. The lowest BCUT2D eigenvalue weighted by molar-refractivity contribution is -0.136. The Morgan fingerprint density at radius 1 is 1.33 bits per heavy atom. The maximum absolute atomic E-state index is 12.1. The normalized spacial score (nSPS) is 11.8. The van der Waals surface area contributed by atoms with Gasteiger partial charge >= 0.3 is 11.8 Å². The van der Waals surface area contributed by atoms with E-state index >= 15 is 0 Å². The van der Waals surface area contributed by atoms with Crippen LogP contribution in [0.2, 0.25) is 0 Å². The summed E-state index contributed by atoms with van der Waals surface area (Å²) in [4.78, 5) is 40.7. The van der Waals surface area contributed by atoms with Crippen LogP contribution in [-0.2, 0) is 16.6 Å². The quantitative estimate of drug-likeness (QED) is 0.822. The molecule has 0 aromatic carbocycles. The first-order chi connectivity index (χ1) is 11.3. The van der Waals surface area contributed by atoms with E-state index in [1.807, 2.05) is 19.2 Å². The number of hydrogen-bond donors (Lipinski definition) is 2. The van der Waals surface area contributed by atoms with E-state index in [0.717, 1.165) is 10.7 Å². The maximum Gasteiger partial charge on any atom is 0.313 e. The first-order valence-corrected chi connectivity index (χ1v) is 8.41. The van der Waals surface area contributed by atoms with Crippen LogP contribution in [0.3, 0.4) is 0 Å². The SMILES string of the molecule is CCC(NC(=O)C(=O)Nc1c(C)ccn(C)c1=O)c1nc(C)cs1. The fourth-order valence-corrected chi connectivity index (χ4v) is 3.07. The molecule has 1 atom stereocenters. The van der Waals surface area contributed by atoms with Gasteiger partial charge in [-0.1, -0.05) is 6.92 Å². The second-order valence-electron chi connectivity index (χ2n) is 5.51. The molecule has 7 nitrogen and oxygen atoms in total. The molecule has 2 amide bonds. The topological polar surface area (TPSA) is 93.1 Å². The van der Waals surface area contributed by atoms with Crippen molar-refractivity contribution in [3.63, 3.8) is 0 Å². The number of pyridine rings is 1. The van der Waals surface area contributed by atoms with E-state index in [9.17, 15) is 14.4 Å². The lowest BCUT2D eigenvalue weighted by Crippen LogP contribution is -2.39. The van der Waals surface area contributed by atoms with Gasteiger partial charge < -0.3 is 15.2 Å². The van der Waals surface area contributed by atoms with E-state index in [0.29, 0.717) is 12.0 Å². The molecule has 2 aromatic rings. The number of carbonyl (C=O) groups excluding carboxylic acids is 2. The summed E-state index contributed by atoms with van der Waals surface area (Å²) in [5.74, 6) is -1.66. The van der Waals surface area contributed by atoms with Gasteiger partial charge in [-0.05, 0) is 31.9 Å². The minimum Gasteiger partial charge on any atom is -0.339 e. The van der Waals surface area contributed by atoms with Gasteiger partial charge in [0.2, 0.25) is 0 Å². The number of rotatable bonds is 4. The summed E-state index contributed by atoms with van der Waals surface area (Å²) in [6, 6.07) is 1.36. The molecule has 24 heavy (non-hydrogen) atoms. The lowest BCUT2D eigenvalue weighted by Gasteiger charge is -2.14. The molecule has 0 aliphatic heterocycles. The number of amides is 2. The smallest absolute Gasteiger partial charge is 0.313 e. The number of aromatic nitrogens is 2. The predicted octanol–water partition coefficient (Wildman–Crippen LogP) is 1.66. The van der Waals surface area contributed by atoms with Gasteiger partial charge in [0.15, 0.2) is 0 Å². The molecule has 2 aromatic heterocycles. The van der Waals surface area contributed by atoms with E-state index < -0.39 is 11.8 Å². The average Bonchev–Trinajstić information content (AvgIpc) is 2.98. The zero-order chi connectivity index (χ0) is 17.9. The Labute approximate surface area is 143 Å². The van der Waals surface area contributed by atoms with Crippen molar-refractivity contribution in [2.24, 2.45) is 7.05 Å². The average molecular weight is 348 g/mol. The van der Waals surface area contributed by atoms with Gasteiger partial charge in [-0.2, -0.15) is 0 Å². The summed E-state index contributed by atoms with van der Waals surface area (Å²) >= 11 is 1.44. The molecule has 0 radical (unpaired) electrons. The molecule has 0 saturated heterocycles. The summed E-state index contributed by atoms with van der Waals surface area (Å²) in [6.45, 7) is 5.47. The highest BCUT2D eigenvalue weighted by Gasteiger charge is 2.22. The van der Waals surface area contributed by atoms with Gasteiger partial charge in [-0.15, -0.1) is 11.3 Å². The van der Waals surface area contributed by atoms with Crippen LogP contribution in [0.1, 0.15) is 35.7 Å². The molecule has 2 rings (SSSR count). The summed E-state index contributed by atoms with van der Waals surface area (Å²) in [5.41, 5.74) is 1.22. The minimum atomic E-state index is -0.867. The Hall–Kier alpha value is -2.48. The second kappa shape index (κ2) is 7.39. The molecule has 128 valence electrons. The fourth-order valence-electron chi connectivity index (χ4n) is 2.14. The number of carbonyl (C=O) groups is 2. The Morgan fingerprint density at radius 3 is 2.62 bits per heavy atom. The largest absolute Gasteiger partial charge is 0.339 e.